The van der Waals surface area contributed by atoms with E-state index in [1.165, 1.54) is 0 Å². The lowest BCUT2D eigenvalue weighted by Gasteiger charge is -2.15. The molecule has 0 heterocycles. The average Bonchev–Trinajstić information content (AvgIpc) is 2.05. The predicted molar refractivity (Wildman–Crippen MR) is 47.0 cm³/mol. The van der Waals surface area contributed by atoms with Gasteiger partial charge in [-0.1, -0.05) is 6.92 Å². The van der Waals surface area contributed by atoms with Crippen LogP contribution in [-0.2, 0) is 14.3 Å². The van der Waals surface area contributed by atoms with Gasteiger partial charge in [0, 0.05) is 19.6 Å². The van der Waals surface area contributed by atoms with Crippen LogP contribution < -0.4 is 0 Å². The quantitative estimate of drug-likeness (QED) is 0.552. The SMILES string of the molecule is CCOC(CC(=O)CC)OCC. The molecule has 0 aromatic heterocycles. The highest BCUT2D eigenvalue weighted by Gasteiger charge is 2.11. The molecule has 0 spiro atoms. The molecular weight excluding hydrogens is 156 g/mol. The standard InChI is InChI=1S/C9H18O3/c1-4-8(10)7-9(11-5-2)12-6-3/h9H,4-7H2,1-3H3. The van der Waals surface area contributed by atoms with Gasteiger partial charge in [-0.15, -0.1) is 0 Å². The van der Waals surface area contributed by atoms with E-state index in [9.17, 15) is 4.79 Å². The molecule has 0 unspecified atom stereocenters. The molecule has 0 rings (SSSR count). The molecule has 0 aromatic rings. The zero-order chi connectivity index (χ0) is 9.40. The highest BCUT2D eigenvalue weighted by atomic mass is 16.7. The summed E-state index contributed by atoms with van der Waals surface area (Å²) in [6.07, 6.45) is 0.585. The van der Waals surface area contributed by atoms with Crippen molar-refractivity contribution in [1.82, 2.24) is 0 Å². The summed E-state index contributed by atoms with van der Waals surface area (Å²) >= 11 is 0. The number of rotatable bonds is 7. The van der Waals surface area contributed by atoms with Crippen molar-refractivity contribution in [3.05, 3.63) is 0 Å². The summed E-state index contributed by atoms with van der Waals surface area (Å²) in [5.74, 6) is 0.182. The Bertz CT molecular complexity index is 117. The minimum Gasteiger partial charge on any atom is -0.352 e. The topological polar surface area (TPSA) is 35.5 Å². The van der Waals surface area contributed by atoms with Crippen LogP contribution in [0.5, 0.6) is 0 Å². The first-order chi connectivity index (χ1) is 5.74. The summed E-state index contributed by atoms with van der Waals surface area (Å²) < 4.78 is 10.4. The van der Waals surface area contributed by atoms with Crippen LogP contribution in [0.25, 0.3) is 0 Å². The predicted octanol–water partition coefficient (Wildman–Crippen LogP) is 1.75. The van der Waals surface area contributed by atoms with Gasteiger partial charge >= 0.3 is 0 Å². The molecular formula is C9H18O3. The first kappa shape index (κ1) is 11.6. The van der Waals surface area contributed by atoms with Crippen molar-refractivity contribution in [2.75, 3.05) is 13.2 Å². The van der Waals surface area contributed by atoms with Gasteiger partial charge in [0.25, 0.3) is 0 Å². The maximum absolute atomic E-state index is 11.0. The molecule has 0 atom stereocenters. The van der Waals surface area contributed by atoms with Crippen molar-refractivity contribution in [2.24, 2.45) is 0 Å². The van der Waals surface area contributed by atoms with Crippen LogP contribution in [-0.4, -0.2) is 25.3 Å². The monoisotopic (exact) mass is 174 g/mol. The minimum absolute atomic E-state index is 0.182. The fourth-order valence-electron chi connectivity index (χ4n) is 0.868. The molecule has 0 aliphatic heterocycles. The molecule has 0 aliphatic rings. The number of ketones is 1. The second-order valence-corrected chi connectivity index (χ2v) is 2.44. The summed E-state index contributed by atoms with van der Waals surface area (Å²) in [6, 6.07) is 0. The van der Waals surface area contributed by atoms with E-state index >= 15 is 0 Å². The summed E-state index contributed by atoms with van der Waals surface area (Å²) in [5.41, 5.74) is 0. The van der Waals surface area contributed by atoms with Crippen molar-refractivity contribution < 1.29 is 14.3 Å². The van der Waals surface area contributed by atoms with E-state index < -0.39 is 0 Å². The van der Waals surface area contributed by atoms with Gasteiger partial charge in [0.05, 0.1) is 6.42 Å². The Morgan fingerprint density at radius 1 is 1.17 bits per heavy atom. The summed E-state index contributed by atoms with van der Waals surface area (Å²) in [5, 5.41) is 0. The average molecular weight is 174 g/mol. The molecule has 0 aromatic carbocycles. The van der Waals surface area contributed by atoms with Gasteiger partial charge < -0.3 is 9.47 Å². The molecule has 72 valence electrons. The van der Waals surface area contributed by atoms with Gasteiger partial charge in [0.2, 0.25) is 0 Å². The van der Waals surface area contributed by atoms with Crippen molar-refractivity contribution in [3.8, 4) is 0 Å². The number of carbonyl (C=O) groups is 1. The molecule has 0 bridgehead atoms. The van der Waals surface area contributed by atoms with Gasteiger partial charge in [-0.2, -0.15) is 0 Å². The number of hydrogen-bond donors (Lipinski definition) is 0. The van der Waals surface area contributed by atoms with E-state index in [1.54, 1.807) is 0 Å². The van der Waals surface area contributed by atoms with Gasteiger partial charge in [-0.3, -0.25) is 4.79 Å². The van der Waals surface area contributed by atoms with Crippen molar-refractivity contribution in [1.29, 1.82) is 0 Å². The Morgan fingerprint density at radius 3 is 2.00 bits per heavy atom. The van der Waals surface area contributed by atoms with E-state index in [0.29, 0.717) is 26.1 Å². The highest BCUT2D eigenvalue weighted by Crippen LogP contribution is 2.03. The van der Waals surface area contributed by atoms with E-state index in [4.69, 9.17) is 9.47 Å². The van der Waals surface area contributed by atoms with Gasteiger partial charge in [0.1, 0.15) is 5.78 Å². The van der Waals surface area contributed by atoms with E-state index in [-0.39, 0.29) is 12.1 Å². The fraction of sp³-hybridized carbons (Fsp3) is 0.889. The Kier molecular flexibility index (Phi) is 7.00. The first-order valence-electron chi connectivity index (χ1n) is 4.49. The van der Waals surface area contributed by atoms with Crippen LogP contribution in [0.2, 0.25) is 0 Å². The summed E-state index contributed by atoms with van der Waals surface area (Å²) in [7, 11) is 0. The minimum atomic E-state index is -0.340. The second kappa shape index (κ2) is 7.25. The molecule has 0 amide bonds. The lowest BCUT2D eigenvalue weighted by atomic mass is 10.2. The maximum atomic E-state index is 11.0. The Labute approximate surface area is 74.0 Å². The fourth-order valence-corrected chi connectivity index (χ4v) is 0.868. The van der Waals surface area contributed by atoms with Crippen LogP contribution in [0.3, 0.4) is 0 Å². The number of Topliss-reactive ketones (excluding diaryl/α,β-unsaturated/α-hetero) is 1. The first-order valence-corrected chi connectivity index (χ1v) is 4.49. The second-order valence-electron chi connectivity index (χ2n) is 2.44. The van der Waals surface area contributed by atoms with Crippen LogP contribution in [0.1, 0.15) is 33.6 Å². The molecule has 3 heteroatoms. The molecule has 0 saturated heterocycles. The third-order valence-corrected chi connectivity index (χ3v) is 1.49. The summed E-state index contributed by atoms with van der Waals surface area (Å²) in [4.78, 5) is 11.0. The molecule has 0 radical (unpaired) electrons. The lowest BCUT2D eigenvalue weighted by Crippen LogP contribution is -2.20. The largest absolute Gasteiger partial charge is 0.352 e. The normalized spacial score (nSPS) is 10.7. The lowest BCUT2D eigenvalue weighted by molar-refractivity contribution is -0.151. The van der Waals surface area contributed by atoms with E-state index in [1.807, 2.05) is 20.8 Å². The molecule has 3 nitrogen and oxygen atoms in total. The smallest absolute Gasteiger partial charge is 0.164 e. The maximum Gasteiger partial charge on any atom is 0.164 e. The van der Waals surface area contributed by atoms with Crippen LogP contribution in [0, 0.1) is 0 Å². The van der Waals surface area contributed by atoms with Gasteiger partial charge in [0.15, 0.2) is 6.29 Å². The number of hydrogen-bond acceptors (Lipinski definition) is 3. The molecule has 12 heavy (non-hydrogen) atoms. The van der Waals surface area contributed by atoms with E-state index in [2.05, 4.69) is 0 Å². The zero-order valence-corrected chi connectivity index (χ0v) is 8.13. The van der Waals surface area contributed by atoms with Crippen molar-refractivity contribution in [3.63, 3.8) is 0 Å². The van der Waals surface area contributed by atoms with Gasteiger partial charge in [-0.25, -0.2) is 0 Å². The van der Waals surface area contributed by atoms with Gasteiger partial charge in [-0.05, 0) is 13.8 Å². The number of carbonyl (C=O) groups excluding carboxylic acids is 1. The Morgan fingerprint density at radius 2 is 1.67 bits per heavy atom. The molecule has 0 aliphatic carbocycles. The Balaban J connectivity index is 3.68. The third-order valence-electron chi connectivity index (χ3n) is 1.49. The Hall–Kier alpha value is -0.410. The van der Waals surface area contributed by atoms with E-state index in [0.717, 1.165) is 0 Å². The highest BCUT2D eigenvalue weighted by molar-refractivity contribution is 5.78. The van der Waals surface area contributed by atoms with Crippen LogP contribution in [0.15, 0.2) is 0 Å². The zero-order valence-electron chi connectivity index (χ0n) is 8.13. The van der Waals surface area contributed by atoms with Crippen LogP contribution >= 0.6 is 0 Å². The number of ether oxygens (including phenoxy) is 2. The van der Waals surface area contributed by atoms with Crippen molar-refractivity contribution in [2.45, 2.75) is 39.9 Å². The van der Waals surface area contributed by atoms with Crippen LogP contribution in [0.4, 0.5) is 0 Å². The molecule has 0 fully saturated rings. The summed E-state index contributed by atoms with van der Waals surface area (Å²) in [6.45, 7) is 6.80. The molecule has 0 saturated carbocycles. The molecule has 0 N–H and O–H groups in total. The third kappa shape index (κ3) is 5.27. The van der Waals surface area contributed by atoms with Crippen molar-refractivity contribution >= 4 is 5.78 Å².